The lowest BCUT2D eigenvalue weighted by molar-refractivity contribution is -0.384. The summed E-state index contributed by atoms with van der Waals surface area (Å²) in [6, 6.07) is 10.7. The lowest BCUT2D eigenvalue weighted by Crippen LogP contribution is -2.22. The summed E-state index contributed by atoms with van der Waals surface area (Å²) in [6.07, 6.45) is 3.63. The van der Waals surface area contributed by atoms with Gasteiger partial charge in [-0.2, -0.15) is 0 Å². The zero-order valence-electron chi connectivity index (χ0n) is 20.7. The predicted molar refractivity (Wildman–Crippen MR) is 134 cm³/mol. The van der Waals surface area contributed by atoms with Gasteiger partial charge in [-0.15, -0.1) is 0 Å². The quantitative estimate of drug-likeness (QED) is 0.160. The molecule has 3 aromatic rings. The van der Waals surface area contributed by atoms with Gasteiger partial charge < -0.3 is 24.1 Å². The summed E-state index contributed by atoms with van der Waals surface area (Å²) in [4.78, 5) is 22.8. The van der Waals surface area contributed by atoms with E-state index < -0.39 is 4.92 Å². The molecule has 0 unspecified atom stereocenters. The molecule has 1 amide bonds. The lowest BCUT2D eigenvalue weighted by atomic mass is 10.1. The standard InChI is InChI=1S/C26H31N3O7/c1-4-7-13-33-20-15-22(34-14-8-5-2)25(24-17-21(28-36-24)26(30)27-6-3)23(16-20)35-19-11-9-18(10-12-19)29(31)32/h9-12,15-17H,4-8,13-14H2,1-3H3,(H,27,30). The number of hydrogen-bond donors (Lipinski definition) is 1. The van der Waals surface area contributed by atoms with E-state index in [0.29, 0.717) is 48.3 Å². The number of nitrogens with zero attached hydrogens (tertiary/aromatic N) is 2. The van der Waals surface area contributed by atoms with Crippen molar-refractivity contribution in [2.75, 3.05) is 19.8 Å². The van der Waals surface area contributed by atoms with Crippen LogP contribution in [0.15, 0.2) is 47.0 Å². The summed E-state index contributed by atoms with van der Waals surface area (Å²) in [5.41, 5.74) is 0.524. The molecule has 2 aromatic carbocycles. The summed E-state index contributed by atoms with van der Waals surface area (Å²) in [7, 11) is 0. The van der Waals surface area contributed by atoms with Crippen molar-refractivity contribution in [1.29, 1.82) is 0 Å². The van der Waals surface area contributed by atoms with Crippen LogP contribution >= 0.6 is 0 Å². The van der Waals surface area contributed by atoms with Gasteiger partial charge in [0, 0.05) is 36.9 Å². The second-order valence-corrected chi connectivity index (χ2v) is 7.99. The van der Waals surface area contributed by atoms with E-state index in [1.54, 1.807) is 12.1 Å². The van der Waals surface area contributed by atoms with E-state index >= 15 is 0 Å². The second kappa shape index (κ2) is 13.1. The van der Waals surface area contributed by atoms with Crippen molar-refractivity contribution in [1.82, 2.24) is 10.5 Å². The number of benzene rings is 2. The third-order valence-electron chi connectivity index (χ3n) is 5.16. The van der Waals surface area contributed by atoms with Crippen molar-refractivity contribution >= 4 is 11.6 Å². The number of carbonyl (C=O) groups excluding carboxylic acids is 1. The highest BCUT2D eigenvalue weighted by Crippen LogP contribution is 2.44. The van der Waals surface area contributed by atoms with Crippen LogP contribution in [-0.2, 0) is 0 Å². The number of ether oxygens (including phenoxy) is 3. The van der Waals surface area contributed by atoms with Crippen LogP contribution in [0.25, 0.3) is 11.3 Å². The molecule has 0 bridgehead atoms. The first-order valence-corrected chi connectivity index (χ1v) is 12.1. The summed E-state index contributed by atoms with van der Waals surface area (Å²) < 4.78 is 23.7. The van der Waals surface area contributed by atoms with Gasteiger partial charge in [0.1, 0.15) is 28.6 Å². The van der Waals surface area contributed by atoms with Crippen LogP contribution in [0.5, 0.6) is 23.0 Å². The smallest absolute Gasteiger partial charge is 0.273 e. The highest BCUT2D eigenvalue weighted by molar-refractivity contribution is 5.93. The zero-order valence-corrected chi connectivity index (χ0v) is 20.7. The Kier molecular flexibility index (Phi) is 9.67. The predicted octanol–water partition coefficient (Wildman–Crippen LogP) is 6.15. The fourth-order valence-corrected chi connectivity index (χ4v) is 3.26. The third-order valence-corrected chi connectivity index (χ3v) is 5.16. The number of non-ortho nitro benzene ring substituents is 1. The second-order valence-electron chi connectivity index (χ2n) is 7.99. The fourth-order valence-electron chi connectivity index (χ4n) is 3.26. The Morgan fingerprint density at radius 1 is 0.972 bits per heavy atom. The topological polar surface area (TPSA) is 126 Å². The molecule has 0 saturated heterocycles. The molecule has 0 atom stereocenters. The number of rotatable bonds is 14. The Morgan fingerprint density at radius 2 is 1.64 bits per heavy atom. The molecule has 192 valence electrons. The van der Waals surface area contributed by atoms with Gasteiger partial charge in [-0.3, -0.25) is 14.9 Å². The Balaban J connectivity index is 2.07. The first kappa shape index (κ1) is 26.5. The highest BCUT2D eigenvalue weighted by Gasteiger charge is 2.23. The number of carbonyl (C=O) groups is 1. The van der Waals surface area contributed by atoms with Crippen LogP contribution in [0.2, 0.25) is 0 Å². The van der Waals surface area contributed by atoms with Crippen LogP contribution in [0, 0.1) is 10.1 Å². The Morgan fingerprint density at radius 3 is 2.28 bits per heavy atom. The molecule has 36 heavy (non-hydrogen) atoms. The van der Waals surface area contributed by atoms with Gasteiger partial charge in [0.25, 0.3) is 11.6 Å². The fraction of sp³-hybridized carbons (Fsp3) is 0.385. The maximum Gasteiger partial charge on any atom is 0.273 e. The molecule has 0 spiro atoms. The molecule has 1 N–H and O–H groups in total. The Hall–Kier alpha value is -4.08. The first-order chi connectivity index (χ1) is 17.5. The van der Waals surface area contributed by atoms with Gasteiger partial charge in [-0.1, -0.05) is 31.8 Å². The zero-order chi connectivity index (χ0) is 25.9. The Labute approximate surface area is 209 Å². The van der Waals surface area contributed by atoms with E-state index in [1.165, 1.54) is 30.3 Å². The summed E-state index contributed by atoms with van der Waals surface area (Å²) >= 11 is 0. The average molecular weight is 498 g/mol. The van der Waals surface area contributed by atoms with Gasteiger partial charge in [-0.05, 0) is 31.9 Å². The molecule has 1 heterocycles. The number of hydrogen-bond acceptors (Lipinski definition) is 8. The minimum absolute atomic E-state index is 0.0513. The Bertz CT molecular complexity index is 1160. The highest BCUT2D eigenvalue weighted by atomic mass is 16.6. The van der Waals surface area contributed by atoms with E-state index in [1.807, 2.05) is 6.92 Å². The monoisotopic (exact) mass is 497 g/mol. The number of nitro groups is 1. The minimum Gasteiger partial charge on any atom is -0.493 e. The van der Waals surface area contributed by atoms with Crippen LogP contribution in [0.1, 0.15) is 56.9 Å². The molecule has 0 fully saturated rings. The van der Waals surface area contributed by atoms with E-state index in [2.05, 4.69) is 24.3 Å². The number of amides is 1. The van der Waals surface area contributed by atoms with E-state index in [9.17, 15) is 14.9 Å². The minimum atomic E-state index is -0.478. The maximum absolute atomic E-state index is 12.3. The molecule has 0 radical (unpaired) electrons. The van der Waals surface area contributed by atoms with Crippen LogP contribution in [0.3, 0.4) is 0 Å². The molecule has 10 nitrogen and oxygen atoms in total. The van der Waals surface area contributed by atoms with Crippen LogP contribution in [0.4, 0.5) is 5.69 Å². The molecule has 0 aliphatic carbocycles. The van der Waals surface area contributed by atoms with Crippen molar-refractivity contribution < 1.29 is 28.5 Å². The maximum atomic E-state index is 12.3. The van der Waals surface area contributed by atoms with Crippen molar-refractivity contribution in [3.8, 4) is 34.3 Å². The van der Waals surface area contributed by atoms with Crippen molar-refractivity contribution in [2.24, 2.45) is 0 Å². The van der Waals surface area contributed by atoms with Gasteiger partial charge in [-0.25, -0.2) is 0 Å². The SMILES string of the molecule is CCCCOc1cc(OCCCC)c(-c2cc(C(=O)NCC)no2)c(Oc2ccc([N+](=O)[O-])cc2)c1. The number of aromatic nitrogens is 1. The van der Waals surface area contributed by atoms with E-state index in [0.717, 1.165) is 25.7 Å². The summed E-state index contributed by atoms with van der Waals surface area (Å²) in [5, 5.41) is 17.6. The summed E-state index contributed by atoms with van der Waals surface area (Å²) in [5.74, 6) is 1.61. The van der Waals surface area contributed by atoms with Crippen molar-refractivity contribution in [2.45, 2.75) is 46.5 Å². The molecule has 10 heteroatoms. The van der Waals surface area contributed by atoms with Gasteiger partial charge >= 0.3 is 0 Å². The number of nitro benzene ring substituents is 1. The number of unbranched alkanes of at least 4 members (excludes halogenated alkanes) is 2. The average Bonchev–Trinajstić information content (AvgIpc) is 3.35. The van der Waals surface area contributed by atoms with Crippen LogP contribution < -0.4 is 19.5 Å². The van der Waals surface area contributed by atoms with Gasteiger partial charge in [0.05, 0.1) is 18.1 Å². The molecule has 0 aliphatic rings. The van der Waals surface area contributed by atoms with E-state index in [4.69, 9.17) is 18.7 Å². The first-order valence-electron chi connectivity index (χ1n) is 12.1. The molecular weight excluding hydrogens is 466 g/mol. The molecule has 3 rings (SSSR count). The third kappa shape index (κ3) is 6.97. The number of nitrogens with one attached hydrogen (secondary N) is 1. The van der Waals surface area contributed by atoms with Gasteiger partial charge in [0.15, 0.2) is 11.5 Å². The summed E-state index contributed by atoms with van der Waals surface area (Å²) in [6.45, 7) is 7.37. The van der Waals surface area contributed by atoms with Crippen molar-refractivity contribution in [3.63, 3.8) is 0 Å². The molecule has 1 aromatic heterocycles. The van der Waals surface area contributed by atoms with Gasteiger partial charge in [0.2, 0.25) is 0 Å². The molecule has 0 saturated carbocycles. The van der Waals surface area contributed by atoms with Crippen LogP contribution in [-0.4, -0.2) is 35.7 Å². The van der Waals surface area contributed by atoms with E-state index in [-0.39, 0.29) is 23.0 Å². The lowest BCUT2D eigenvalue weighted by Gasteiger charge is -2.17. The normalized spacial score (nSPS) is 10.6. The largest absolute Gasteiger partial charge is 0.493 e. The molecule has 0 aliphatic heterocycles. The van der Waals surface area contributed by atoms with Crippen molar-refractivity contribution in [3.05, 3.63) is 58.3 Å². The molecular formula is C26H31N3O7.